The predicted octanol–water partition coefficient (Wildman–Crippen LogP) is 2.94. The van der Waals surface area contributed by atoms with E-state index in [2.05, 4.69) is 43.0 Å². The number of hydrogen-bond acceptors (Lipinski definition) is 4. The Morgan fingerprint density at radius 3 is 2.27 bits per heavy atom. The van der Waals surface area contributed by atoms with Crippen molar-refractivity contribution in [1.29, 1.82) is 0 Å². The highest BCUT2D eigenvalue weighted by Crippen LogP contribution is 2.37. The third-order valence-corrected chi connectivity index (χ3v) is 6.57. The number of piperidine rings is 1. The Labute approximate surface area is 181 Å². The monoisotopic (exact) mass is 414 g/mol. The zero-order chi connectivity index (χ0) is 21.7. The van der Waals surface area contributed by atoms with Gasteiger partial charge < -0.3 is 14.7 Å². The van der Waals surface area contributed by atoms with Gasteiger partial charge in [-0.3, -0.25) is 9.69 Å². The Bertz CT molecular complexity index is 711. The summed E-state index contributed by atoms with van der Waals surface area (Å²) in [6.45, 7) is 8.92. The number of carbonyl (C=O) groups excluding carboxylic acids is 2. The molecule has 1 aromatic rings. The second-order valence-corrected chi connectivity index (χ2v) is 9.49. The van der Waals surface area contributed by atoms with Crippen molar-refractivity contribution >= 4 is 11.9 Å². The number of benzene rings is 1. The first-order chi connectivity index (χ1) is 14.3. The predicted molar refractivity (Wildman–Crippen MR) is 120 cm³/mol. The smallest absolute Gasteiger partial charge is 0.309 e. The van der Waals surface area contributed by atoms with Crippen molar-refractivity contribution in [2.45, 2.75) is 45.1 Å². The van der Waals surface area contributed by atoms with Crippen LogP contribution in [0.4, 0.5) is 4.79 Å². The van der Waals surface area contributed by atoms with E-state index in [0.29, 0.717) is 25.6 Å². The molecule has 0 aliphatic carbocycles. The number of amides is 3. The van der Waals surface area contributed by atoms with Crippen LogP contribution >= 0.6 is 0 Å². The molecule has 3 rings (SSSR count). The first-order valence-corrected chi connectivity index (χ1v) is 11.4. The molecule has 2 fully saturated rings. The van der Waals surface area contributed by atoms with Gasteiger partial charge >= 0.3 is 6.03 Å². The second kappa shape index (κ2) is 9.92. The van der Waals surface area contributed by atoms with Crippen molar-refractivity contribution in [3.8, 4) is 0 Å². The Hall–Kier alpha value is -1.92. The van der Waals surface area contributed by atoms with Crippen LogP contribution in [0.2, 0.25) is 0 Å². The van der Waals surface area contributed by atoms with Crippen LogP contribution in [0.15, 0.2) is 30.3 Å². The number of likely N-dealkylation sites (tertiary alicyclic amines) is 1. The number of carbonyl (C=O) groups is 2. The molecule has 0 aromatic heterocycles. The molecule has 2 saturated heterocycles. The van der Waals surface area contributed by atoms with Crippen LogP contribution in [-0.4, -0.2) is 90.4 Å². The highest BCUT2D eigenvalue weighted by molar-refractivity contribution is 6.07. The Morgan fingerprint density at radius 2 is 1.67 bits per heavy atom. The highest BCUT2D eigenvalue weighted by atomic mass is 16.2. The summed E-state index contributed by atoms with van der Waals surface area (Å²) in [7, 11) is 3.95. The molecule has 1 spiro atoms. The van der Waals surface area contributed by atoms with Gasteiger partial charge in [-0.2, -0.15) is 0 Å². The Morgan fingerprint density at radius 1 is 1.00 bits per heavy atom. The van der Waals surface area contributed by atoms with E-state index in [1.165, 1.54) is 10.5 Å². The Kier molecular flexibility index (Phi) is 7.53. The van der Waals surface area contributed by atoms with E-state index >= 15 is 0 Å². The summed E-state index contributed by atoms with van der Waals surface area (Å²) in [5, 5.41) is 0. The average Bonchev–Trinajstić information content (AvgIpc) is 2.91. The van der Waals surface area contributed by atoms with Crippen LogP contribution in [-0.2, 0) is 11.2 Å². The molecule has 6 heteroatoms. The van der Waals surface area contributed by atoms with Crippen LogP contribution in [0, 0.1) is 5.92 Å². The van der Waals surface area contributed by atoms with Gasteiger partial charge in [-0.15, -0.1) is 0 Å². The maximum absolute atomic E-state index is 13.5. The lowest BCUT2D eigenvalue weighted by atomic mass is 9.85. The zero-order valence-corrected chi connectivity index (χ0v) is 19.1. The molecule has 2 aliphatic rings. The largest absolute Gasteiger partial charge is 0.327 e. The van der Waals surface area contributed by atoms with Crippen LogP contribution in [0.3, 0.4) is 0 Å². The first-order valence-electron chi connectivity index (χ1n) is 11.4. The standard InChI is InChI=1S/C24H38N4O2/c1-20(2)10-15-28-23(30)27(19-18-25(3)4)22(29)24(28)12-16-26(17-13-24)14-11-21-8-6-5-7-9-21/h5-9,20H,10-19H2,1-4H3. The van der Waals surface area contributed by atoms with Crippen LogP contribution < -0.4 is 0 Å². The van der Waals surface area contributed by atoms with E-state index in [0.717, 1.165) is 45.3 Å². The molecule has 0 unspecified atom stereocenters. The van der Waals surface area contributed by atoms with Gasteiger partial charge in [-0.1, -0.05) is 44.2 Å². The van der Waals surface area contributed by atoms with Crippen LogP contribution in [0.5, 0.6) is 0 Å². The molecule has 2 aliphatic heterocycles. The van der Waals surface area contributed by atoms with Crippen molar-refractivity contribution in [1.82, 2.24) is 19.6 Å². The Balaban J connectivity index is 1.67. The van der Waals surface area contributed by atoms with Gasteiger partial charge in [-0.05, 0) is 51.3 Å². The maximum Gasteiger partial charge on any atom is 0.327 e. The number of likely N-dealkylation sites (N-methyl/N-ethyl adjacent to an activating group) is 1. The third-order valence-electron chi connectivity index (χ3n) is 6.57. The van der Waals surface area contributed by atoms with E-state index in [1.807, 2.05) is 30.0 Å². The first kappa shape index (κ1) is 22.8. The average molecular weight is 415 g/mol. The van der Waals surface area contributed by atoms with Gasteiger partial charge in [0.1, 0.15) is 5.54 Å². The van der Waals surface area contributed by atoms with Gasteiger partial charge in [0.25, 0.3) is 5.91 Å². The minimum Gasteiger partial charge on any atom is -0.309 e. The molecule has 3 amide bonds. The fourth-order valence-electron chi connectivity index (χ4n) is 4.54. The lowest BCUT2D eigenvalue weighted by Crippen LogP contribution is -2.57. The molecule has 1 aromatic carbocycles. The summed E-state index contributed by atoms with van der Waals surface area (Å²) in [6.07, 6.45) is 3.43. The molecule has 0 atom stereocenters. The van der Waals surface area contributed by atoms with Gasteiger partial charge in [0.2, 0.25) is 0 Å². The molecular formula is C24H38N4O2. The summed E-state index contributed by atoms with van der Waals surface area (Å²) in [6, 6.07) is 10.5. The minimum atomic E-state index is -0.637. The molecule has 0 bridgehead atoms. The SMILES string of the molecule is CC(C)CCN1C(=O)N(CCN(C)C)C(=O)C12CCN(CCc1ccccc1)CC2. The third kappa shape index (κ3) is 5.03. The molecule has 2 heterocycles. The van der Waals surface area contributed by atoms with E-state index in [-0.39, 0.29) is 11.9 Å². The summed E-state index contributed by atoms with van der Waals surface area (Å²) >= 11 is 0. The quantitative estimate of drug-likeness (QED) is 0.583. The van der Waals surface area contributed by atoms with Gasteiger partial charge in [-0.25, -0.2) is 4.79 Å². The van der Waals surface area contributed by atoms with Gasteiger partial charge in [0.05, 0.1) is 0 Å². The van der Waals surface area contributed by atoms with Gasteiger partial charge in [0, 0.05) is 39.3 Å². The molecule has 6 nitrogen and oxygen atoms in total. The second-order valence-electron chi connectivity index (χ2n) is 9.49. The van der Waals surface area contributed by atoms with E-state index in [1.54, 1.807) is 0 Å². The molecule has 0 saturated carbocycles. The maximum atomic E-state index is 13.5. The summed E-state index contributed by atoms with van der Waals surface area (Å²) in [5.41, 5.74) is 0.708. The lowest BCUT2D eigenvalue weighted by molar-refractivity contribution is -0.135. The topological polar surface area (TPSA) is 47.1 Å². The van der Waals surface area contributed by atoms with Crippen molar-refractivity contribution < 1.29 is 9.59 Å². The number of urea groups is 1. The number of rotatable bonds is 9. The van der Waals surface area contributed by atoms with Gasteiger partial charge in [0.15, 0.2) is 0 Å². The fraction of sp³-hybridized carbons (Fsp3) is 0.667. The summed E-state index contributed by atoms with van der Waals surface area (Å²) in [4.78, 5) is 34.6. The van der Waals surface area contributed by atoms with Crippen molar-refractivity contribution in [3.05, 3.63) is 35.9 Å². The number of imide groups is 1. The summed E-state index contributed by atoms with van der Waals surface area (Å²) < 4.78 is 0. The van der Waals surface area contributed by atoms with Crippen molar-refractivity contribution in [2.75, 3.05) is 53.4 Å². The van der Waals surface area contributed by atoms with Crippen molar-refractivity contribution in [3.63, 3.8) is 0 Å². The molecule has 0 radical (unpaired) electrons. The van der Waals surface area contributed by atoms with Crippen LogP contribution in [0.25, 0.3) is 0 Å². The minimum absolute atomic E-state index is 0.0285. The molecule has 30 heavy (non-hydrogen) atoms. The highest BCUT2D eigenvalue weighted by Gasteiger charge is 2.57. The van der Waals surface area contributed by atoms with Crippen molar-refractivity contribution in [2.24, 2.45) is 5.92 Å². The van der Waals surface area contributed by atoms with E-state index in [4.69, 9.17) is 0 Å². The normalized spacial score (nSPS) is 19.7. The molecule has 0 N–H and O–H groups in total. The number of hydrogen-bond donors (Lipinski definition) is 0. The summed E-state index contributed by atoms with van der Waals surface area (Å²) in [5.74, 6) is 0.535. The molecular weight excluding hydrogens is 376 g/mol. The fourth-order valence-corrected chi connectivity index (χ4v) is 4.54. The van der Waals surface area contributed by atoms with E-state index in [9.17, 15) is 9.59 Å². The lowest BCUT2D eigenvalue weighted by Gasteiger charge is -2.42. The molecule has 166 valence electrons. The van der Waals surface area contributed by atoms with E-state index < -0.39 is 5.54 Å². The zero-order valence-electron chi connectivity index (χ0n) is 19.1. The number of nitrogens with zero attached hydrogens (tertiary/aromatic N) is 4. The van der Waals surface area contributed by atoms with Crippen LogP contribution in [0.1, 0.15) is 38.7 Å².